The van der Waals surface area contributed by atoms with E-state index in [1.54, 1.807) is 6.07 Å². The number of nitrogens with zero attached hydrogens (tertiary/aromatic N) is 3. The summed E-state index contributed by atoms with van der Waals surface area (Å²) in [5, 5.41) is 9.04. The van der Waals surface area contributed by atoms with Crippen LogP contribution >= 0.6 is 11.6 Å². The minimum absolute atomic E-state index is 0.103. The van der Waals surface area contributed by atoms with Gasteiger partial charge in [-0.2, -0.15) is 5.26 Å². The molecule has 0 bridgehead atoms. The number of aromatic nitrogens is 2. The maximum Gasteiger partial charge on any atom is 0.142 e. The molecule has 0 fully saturated rings. The number of para-hydroxylation sites is 2. The lowest BCUT2D eigenvalue weighted by molar-refractivity contribution is 0.623. The molecule has 2 aromatic carbocycles. The summed E-state index contributed by atoms with van der Waals surface area (Å²) in [6, 6.07) is 14.5. The summed E-state index contributed by atoms with van der Waals surface area (Å²) in [5.74, 6) is 0.231. The van der Waals surface area contributed by atoms with E-state index < -0.39 is 5.82 Å². The average Bonchev–Trinajstić information content (AvgIpc) is 2.81. The van der Waals surface area contributed by atoms with E-state index in [-0.39, 0.29) is 11.4 Å². The Morgan fingerprint density at radius 2 is 2.05 bits per heavy atom. The molecule has 0 saturated carbocycles. The zero-order chi connectivity index (χ0) is 14.8. The quantitative estimate of drug-likeness (QED) is 0.735. The first kappa shape index (κ1) is 13.6. The number of imidazole rings is 1. The van der Waals surface area contributed by atoms with Gasteiger partial charge in [-0.25, -0.2) is 9.37 Å². The van der Waals surface area contributed by atoms with Crippen molar-refractivity contribution in [1.82, 2.24) is 9.55 Å². The summed E-state index contributed by atoms with van der Waals surface area (Å²) in [4.78, 5) is 4.46. The second kappa shape index (κ2) is 5.55. The molecule has 0 saturated heterocycles. The van der Waals surface area contributed by atoms with Gasteiger partial charge in [-0.1, -0.05) is 29.8 Å². The van der Waals surface area contributed by atoms with Gasteiger partial charge in [0.05, 0.1) is 28.5 Å². The summed E-state index contributed by atoms with van der Waals surface area (Å²) in [5.41, 5.74) is 2.54. The second-order valence-corrected chi connectivity index (χ2v) is 5.09. The first-order chi connectivity index (χ1) is 10.2. The Balaban J connectivity index is 2.08. The maximum absolute atomic E-state index is 13.6. The zero-order valence-corrected chi connectivity index (χ0v) is 11.8. The van der Waals surface area contributed by atoms with Crippen molar-refractivity contribution in [3.63, 3.8) is 0 Å². The molecule has 21 heavy (non-hydrogen) atoms. The number of nitriles is 1. The fourth-order valence-corrected chi connectivity index (χ4v) is 2.45. The van der Waals surface area contributed by atoms with E-state index in [1.807, 2.05) is 28.8 Å². The van der Waals surface area contributed by atoms with Crippen LogP contribution < -0.4 is 0 Å². The zero-order valence-electron chi connectivity index (χ0n) is 11.1. The molecule has 0 unspecified atom stereocenters. The molecule has 0 spiro atoms. The van der Waals surface area contributed by atoms with Gasteiger partial charge in [-0.15, -0.1) is 0 Å². The van der Waals surface area contributed by atoms with E-state index in [4.69, 9.17) is 16.9 Å². The van der Waals surface area contributed by atoms with Crippen molar-refractivity contribution in [3.05, 3.63) is 64.7 Å². The third kappa shape index (κ3) is 2.61. The molecular formula is C16H11ClFN3. The molecule has 0 aliphatic heterocycles. The maximum atomic E-state index is 13.6. The lowest BCUT2D eigenvalue weighted by atomic mass is 10.2. The predicted octanol–water partition coefficient (Wildman–Crippen LogP) is 3.94. The number of fused-ring (bicyclic) bond motifs is 1. The smallest absolute Gasteiger partial charge is 0.142 e. The summed E-state index contributed by atoms with van der Waals surface area (Å²) < 4.78 is 15.5. The molecule has 0 atom stereocenters. The van der Waals surface area contributed by atoms with Crippen LogP contribution in [0.5, 0.6) is 0 Å². The SMILES string of the molecule is N#CCc1nc2ccccc2n1Cc1ccc(Cl)c(F)c1. The molecule has 1 heterocycles. The Labute approximate surface area is 126 Å². The van der Waals surface area contributed by atoms with Gasteiger partial charge in [-0.05, 0) is 29.8 Å². The predicted molar refractivity (Wildman–Crippen MR) is 79.6 cm³/mol. The minimum Gasteiger partial charge on any atom is -0.323 e. The van der Waals surface area contributed by atoms with Crippen LogP contribution in [0.4, 0.5) is 4.39 Å². The van der Waals surface area contributed by atoms with Crippen LogP contribution in [0, 0.1) is 17.1 Å². The highest BCUT2D eigenvalue weighted by Gasteiger charge is 2.11. The number of hydrogen-bond acceptors (Lipinski definition) is 2. The molecule has 3 rings (SSSR count). The van der Waals surface area contributed by atoms with E-state index in [9.17, 15) is 4.39 Å². The molecule has 0 aliphatic carbocycles. The highest BCUT2D eigenvalue weighted by atomic mass is 35.5. The van der Waals surface area contributed by atoms with Crippen molar-refractivity contribution in [3.8, 4) is 6.07 Å². The van der Waals surface area contributed by atoms with Crippen molar-refractivity contribution < 1.29 is 4.39 Å². The van der Waals surface area contributed by atoms with E-state index >= 15 is 0 Å². The van der Waals surface area contributed by atoms with Gasteiger partial charge in [0.2, 0.25) is 0 Å². The first-order valence-electron chi connectivity index (χ1n) is 6.44. The lowest BCUT2D eigenvalue weighted by Crippen LogP contribution is -2.05. The van der Waals surface area contributed by atoms with Gasteiger partial charge >= 0.3 is 0 Å². The van der Waals surface area contributed by atoms with Crippen LogP contribution in [0.2, 0.25) is 5.02 Å². The first-order valence-corrected chi connectivity index (χ1v) is 6.82. The molecule has 0 aliphatic rings. The number of halogens is 2. The van der Waals surface area contributed by atoms with Gasteiger partial charge in [0.15, 0.2) is 0 Å². The van der Waals surface area contributed by atoms with Gasteiger partial charge in [0.25, 0.3) is 0 Å². The molecule has 5 heteroatoms. The molecule has 1 aromatic heterocycles. The van der Waals surface area contributed by atoms with Crippen LogP contribution in [-0.2, 0) is 13.0 Å². The Bertz CT molecular complexity index is 848. The monoisotopic (exact) mass is 299 g/mol. The van der Waals surface area contributed by atoms with Crippen molar-refractivity contribution >= 4 is 22.6 Å². The number of hydrogen-bond donors (Lipinski definition) is 0. The summed E-state index contributed by atoms with van der Waals surface area (Å²) in [6.07, 6.45) is 0.213. The van der Waals surface area contributed by atoms with E-state index in [2.05, 4.69) is 11.1 Å². The van der Waals surface area contributed by atoms with Gasteiger partial charge in [0.1, 0.15) is 11.6 Å². The third-order valence-corrected chi connectivity index (χ3v) is 3.60. The normalized spacial score (nSPS) is 10.7. The number of rotatable bonds is 3. The molecule has 0 N–H and O–H groups in total. The average molecular weight is 300 g/mol. The topological polar surface area (TPSA) is 41.6 Å². The van der Waals surface area contributed by atoms with E-state index in [1.165, 1.54) is 12.1 Å². The summed E-state index contributed by atoms with van der Waals surface area (Å²) in [6.45, 7) is 0.450. The van der Waals surface area contributed by atoms with Crippen LogP contribution in [0.3, 0.4) is 0 Å². The third-order valence-electron chi connectivity index (χ3n) is 3.30. The molecule has 3 nitrogen and oxygen atoms in total. The standard InChI is InChI=1S/C16H11ClFN3/c17-12-6-5-11(9-13(12)18)10-21-15-4-2-1-3-14(15)20-16(21)7-8-19/h1-6,9H,7,10H2. The molecule has 0 radical (unpaired) electrons. The largest absolute Gasteiger partial charge is 0.323 e. The Morgan fingerprint density at radius 3 is 2.81 bits per heavy atom. The lowest BCUT2D eigenvalue weighted by Gasteiger charge is -2.08. The van der Waals surface area contributed by atoms with Crippen molar-refractivity contribution in [2.45, 2.75) is 13.0 Å². The second-order valence-electron chi connectivity index (χ2n) is 4.69. The molecule has 3 aromatic rings. The van der Waals surface area contributed by atoms with Crippen LogP contribution in [-0.4, -0.2) is 9.55 Å². The van der Waals surface area contributed by atoms with Crippen LogP contribution in [0.15, 0.2) is 42.5 Å². The van der Waals surface area contributed by atoms with E-state index in [0.29, 0.717) is 12.4 Å². The van der Waals surface area contributed by atoms with Crippen molar-refractivity contribution in [2.75, 3.05) is 0 Å². The van der Waals surface area contributed by atoms with Crippen LogP contribution in [0.1, 0.15) is 11.4 Å². The fraction of sp³-hybridized carbons (Fsp3) is 0.125. The van der Waals surface area contributed by atoms with E-state index in [0.717, 1.165) is 16.6 Å². The summed E-state index contributed by atoms with van der Waals surface area (Å²) in [7, 11) is 0. The number of benzene rings is 2. The van der Waals surface area contributed by atoms with Crippen LogP contribution in [0.25, 0.3) is 11.0 Å². The highest BCUT2D eigenvalue weighted by Crippen LogP contribution is 2.20. The van der Waals surface area contributed by atoms with Gasteiger partial charge < -0.3 is 4.57 Å². The van der Waals surface area contributed by atoms with Crippen molar-refractivity contribution in [2.24, 2.45) is 0 Å². The fourth-order valence-electron chi connectivity index (χ4n) is 2.33. The Hall–Kier alpha value is -2.38. The van der Waals surface area contributed by atoms with Gasteiger partial charge in [0, 0.05) is 6.54 Å². The highest BCUT2D eigenvalue weighted by molar-refractivity contribution is 6.30. The molecule has 0 amide bonds. The minimum atomic E-state index is -0.444. The summed E-state index contributed by atoms with van der Waals surface area (Å²) >= 11 is 5.70. The molecule has 104 valence electrons. The molecular weight excluding hydrogens is 289 g/mol. The van der Waals surface area contributed by atoms with Gasteiger partial charge in [-0.3, -0.25) is 0 Å². The van der Waals surface area contributed by atoms with Crippen molar-refractivity contribution in [1.29, 1.82) is 5.26 Å². The Kier molecular flexibility index (Phi) is 3.59. The Morgan fingerprint density at radius 1 is 1.24 bits per heavy atom.